The zero-order valence-corrected chi connectivity index (χ0v) is 18.7. The van der Waals surface area contributed by atoms with E-state index in [4.69, 9.17) is 18.9 Å². The van der Waals surface area contributed by atoms with Gasteiger partial charge in [-0.05, 0) is 47.4 Å². The van der Waals surface area contributed by atoms with Crippen molar-refractivity contribution in [1.29, 1.82) is 0 Å². The molecule has 1 amide bonds. The molecule has 168 valence electrons. The van der Waals surface area contributed by atoms with E-state index in [-0.39, 0.29) is 5.91 Å². The van der Waals surface area contributed by atoms with Crippen LogP contribution in [0.5, 0.6) is 23.0 Å². The molecule has 0 aliphatic heterocycles. The fourth-order valence-corrected chi connectivity index (χ4v) is 3.26. The zero-order valence-electron chi connectivity index (χ0n) is 18.7. The van der Waals surface area contributed by atoms with Crippen molar-refractivity contribution < 1.29 is 23.7 Å². The summed E-state index contributed by atoms with van der Waals surface area (Å²) in [5, 5.41) is 2.97. The van der Waals surface area contributed by atoms with Crippen molar-refractivity contribution in [2.75, 3.05) is 21.3 Å². The first kappa shape index (κ1) is 23.0. The summed E-state index contributed by atoms with van der Waals surface area (Å²) in [6, 6.07) is 21.5. The van der Waals surface area contributed by atoms with Crippen LogP contribution in [-0.2, 0) is 24.4 Å². The Labute approximate surface area is 189 Å². The number of hydrogen-bond donors (Lipinski definition) is 1. The molecule has 0 spiro atoms. The number of carbonyl (C=O) groups excluding carboxylic acids is 1. The van der Waals surface area contributed by atoms with Crippen molar-refractivity contribution in [3.05, 3.63) is 83.4 Å². The first-order valence-electron chi connectivity index (χ1n) is 10.4. The largest absolute Gasteiger partial charge is 0.493 e. The minimum atomic E-state index is -0.0183. The Balaban J connectivity index is 1.46. The Kier molecular flexibility index (Phi) is 8.37. The standard InChI is InChI=1S/C26H29NO5/c1-29-23-15-21(16-24(30-2)26(23)31-3)13-14-25(28)27-17-19-9-11-20(12-10-19)18-32-22-7-5-4-6-8-22/h4-12,15-16H,13-14,17-18H2,1-3H3,(H,27,28). The second-order valence-electron chi connectivity index (χ2n) is 7.23. The number of hydrogen-bond acceptors (Lipinski definition) is 5. The van der Waals surface area contributed by atoms with Crippen molar-refractivity contribution in [3.63, 3.8) is 0 Å². The normalized spacial score (nSPS) is 10.3. The third kappa shape index (κ3) is 6.41. The number of amides is 1. The van der Waals surface area contributed by atoms with Crippen LogP contribution in [0.2, 0.25) is 0 Å². The summed E-state index contributed by atoms with van der Waals surface area (Å²) in [7, 11) is 4.72. The summed E-state index contributed by atoms with van der Waals surface area (Å²) in [5.41, 5.74) is 3.05. The van der Waals surface area contributed by atoms with E-state index in [0.29, 0.717) is 43.2 Å². The first-order valence-corrected chi connectivity index (χ1v) is 10.4. The average Bonchev–Trinajstić information content (AvgIpc) is 2.85. The minimum absolute atomic E-state index is 0.0183. The summed E-state index contributed by atoms with van der Waals surface area (Å²) >= 11 is 0. The Morgan fingerprint density at radius 2 is 1.41 bits per heavy atom. The van der Waals surface area contributed by atoms with Gasteiger partial charge in [-0.1, -0.05) is 42.5 Å². The minimum Gasteiger partial charge on any atom is -0.493 e. The van der Waals surface area contributed by atoms with Crippen LogP contribution >= 0.6 is 0 Å². The quantitative estimate of drug-likeness (QED) is 0.479. The van der Waals surface area contributed by atoms with Gasteiger partial charge >= 0.3 is 0 Å². The highest BCUT2D eigenvalue weighted by atomic mass is 16.5. The predicted molar refractivity (Wildman–Crippen MR) is 123 cm³/mol. The lowest BCUT2D eigenvalue weighted by molar-refractivity contribution is -0.121. The van der Waals surface area contributed by atoms with E-state index in [9.17, 15) is 4.79 Å². The van der Waals surface area contributed by atoms with Gasteiger partial charge in [-0.3, -0.25) is 4.79 Å². The zero-order chi connectivity index (χ0) is 22.8. The Morgan fingerprint density at radius 3 is 2.00 bits per heavy atom. The molecule has 0 aliphatic rings. The van der Waals surface area contributed by atoms with Crippen LogP contribution in [-0.4, -0.2) is 27.2 Å². The van der Waals surface area contributed by atoms with Gasteiger partial charge in [-0.25, -0.2) is 0 Å². The molecular formula is C26H29NO5. The molecule has 3 aromatic carbocycles. The van der Waals surface area contributed by atoms with Gasteiger partial charge in [-0.15, -0.1) is 0 Å². The van der Waals surface area contributed by atoms with Crippen molar-refractivity contribution in [1.82, 2.24) is 5.32 Å². The molecule has 0 unspecified atom stereocenters. The summed E-state index contributed by atoms with van der Waals surface area (Å²) in [6.07, 6.45) is 0.931. The molecule has 1 N–H and O–H groups in total. The maximum absolute atomic E-state index is 12.3. The van der Waals surface area contributed by atoms with Crippen molar-refractivity contribution >= 4 is 5.91 Å². The van der Waals surface area contributed by atoms with Crippen LogP contribution in [0.3, 0.4) is 0 Å². The number of methoxy groups -OCH3 is 3. The van der Waals surface area contributed by atoms with E-state index in [1.807, 2.05) is 66.7 Å². The summed E-state index contributed by atoms with van der Waals surface area (Å²) in [6.45, 7) is 0.985. The molecule has 0 atom stereocenters. The predicted octanol–water partition coefficient (Wildman–Crippen LogP) is 4.54. The second-order valence-corrected chi connectivity index (χ2v) is 7.23. The molecule has 6 nitrogen and oxygen atoms in total. The third-order valence-corrected chi connectivity index (χ3v) is 5.03. The molecule has 3 rings (SSSR count). The van der Waals surface area contributed by atoms with Gasteiger partial charge in [0, 0.05) is 13.0 Å². The molecule has 0 radical (unpaired) electrons. The van der Waals surface area contributed by atoms with Gasteiger partial charge in [0.05, 0.1) is 21.3 Å². The van der Waals surface area contributed by atoms with Gasteiger partial charge in [0.25, 0.3) is 0 Å². The Hall–Kier alpha value is -3.67. The van der Waals surface area contributed by atoms with Gasteiger partial charge in [0.2, 0.25) is 11.7 Å². The highest BCUT2D eigenvalue weighted by Crippen LogP contribution is 2.38. The molecule has 0 fully saturated rings. The maximum Gasteiger partial charge on any atom is 0.220 e. The number of aryl methyl sites for hydroxylation is 1. The summed E-state index contributed by atoms with van der Waals surface area (Å²) in [4.78, 5) is 12.3. The van der Waals surface area contributed by atoms with Crippen LogP contribution in [0.4, 0.5) is 0 Å². The van der Waals surface area contributed by atoms with Crippen LogP contribution in [0.1, 0.15) is 23.1 Å². The highest BCUT2D eigenvalue weighted by Gasteiger charge is 2.14. The molecule has 6 heteroatoms. The monoisotopic (exact) mass is 435 g/mol. The molecule has 3 aromatic rings. The molecule has 0 saturated heterocycles. The van der Waals surface area contributed by atoms with E-state index in [1.54, 1.807) is 21.3 Å². The molecule has 0 bridgehead atoms. The topological polar surface area (TPSA) is 66.0 Å². The summed E-state index contributed by atoms with van der Waals surface area (Å²) in [5.74, 6) is 2.53. The molecular weight excluding hydrogens is 406 g/mol. The van der Waals surface area contributed by atoms with Crippen molar-refractivity contribution in [2.24, 2.45) is 0 Å². The van der Waals surface area contributed by atoms with E-state index >= 15 is 0 Å². The van der Waals surface area contributed by atoms with Gasteiger partial charge in [0.15, 0.2) is 11.5 Å². The Bertz CT molecular complexity index is 977. The third-order valence-electron chi connectivity index (χ3n) is 5.03. The number of benzene rings is 3. The molecule has 0 heterocycles. The van der Waals surface area contributed by atoms with E-state index in [1.165, 1.54) is 0 Å². The average molecular weight is 436 g/mol. The van der Waals surface area contributed by atoms with Gasteiger partial charge in [0.1, 0.15) is 12.4 Å². The van der Waals surface area contributed by atoms with Crippen LogP contribution in [0, 0.1) is 0 Å². The smallest absolute Gasteiger partial charge is 0.220 e. The van der Waals surface area contributed by atoms with Crippen LogP contribution in [0.15, 0.2) is 66.7 Å². The maximum atomic E-state index is 12.3. The number of ether oxygens (including phenoxy) is 4. The number of carbonyl (C=O) groups is 1. The fraction of sp³-hybridized carbons (Fsp3) is 0.269. The molecule has 0 saturated carbocycles. The number of para-hydroxylation sites is 1. The van der Waals surface area contributed by atoms with Crippen molar-refractivity contribution in [2.45, 2.75) is 26.0 Å². The summed E-state index contributed by atoms with van der Waals surface area (Å²) < 4.78 is 21.8. The van der Waals surface area contributed by atoms with E-state index in [2.05, 4.69) is 5.32 Å². The van der Waals surface area contributed by atoms with E-state index < -0.39 is 0 Å². The van der Waals surface area contributed by atoms with Crippen LogP contribution < -0.4 is 24.3 Å². The number of nitrogens with one attached hydrogen (secondary N) is 1. The lowest BCUT2D eigenvalue weighted by atomic mass is 10.1. The lowest BCUT2D eigenvalue weighted by Gasteiger charge is -2.14. The second kappa shape index (κ2) is 11.6. The molecule has 0 aliphatic carbocycles. The van der Waals surface area contributed by atoms with Crippen LogP contribution in [0.25, 0.3) is 0 Å². The lowest BCUT2D eigenvalue weighted by Crippen LogP contribution is -2.23. The van der Waals surface area contributed by atoms with E-state index in [0.717, 1.165) is 22.4 Å². The molecule has 0 aromatic heterocycles. The van der Waals surface area contributed by atoms with Gasteiger partial charge < -0.3 is 24.3 Å². The number of rotatable bonds is 11. The van der Waals surface area contributed by atoms with Crippen molar-refractivity contribution in [3.8, 4) is 23.0 Å². The fourth-order valence-electron chi connectivity index (χ4n) is 3.26. The Morgan fingerprint density at radius 1 is 0.781 bits per heavy atom. The highest BCUT2D eigenvalue weighted by molar-refractivity contribution is 5.76. The SMILES string of the molecule is COc1cc(CCC(=O)NCc2ccc(COc3ccccc3)cc2)cc(OC)c1OC. The first-order chi connectivity index (χ1) is 15.6. The molecule has 32 heavy (non-hydrogen) atoms. The van der Waals surface area contributed by atoms with Gasteiger partial charge in [-0.2, -0.15) is 0 Å².